The fourth-order valence-electron chi connectivity index (χ4n) is 2.87. The van der Waals surface area contributed by atoms with E-state index in [9.17, 15) is 9.59 Å². The number of hydrogen-bond acceptors (Lipinski definition) is 3. The van der Waals surface area contributed by atoms with Crippen molar-refractivity contribution in [2.45, 2.75) is 32.6 Å². The molecule has 0 unspecified atom stereocenters. The van der Waals surface area contributed by atoms with E-state index in [0.717, 1.165) is 29.8 Å². The Morgan fingerprint density at radius 2 is 1.77 bits per heavy atom. The van der Waals surface area contributed by atoms with Gasteiger partial charge in [-0.15, -0.1) is 0 Å². The molecule has 0 atom stereocenters. The van der Waals surface area contributed by atoms with Crippen LogP contribution < -0.4 is 5.32 Å². The van der Waals surface area contributed by atoms with Gasteiger partial charge in [0.05, 0.1) is 12.3 Å². The predicted molar refractivity (Wildman–Crippen MR) is 103 cm³/mol. The van der Waals surface area contributed by atoms with Gasteiger partial charge in [-0.25, -0.2) is 5.01 Å². The minimum absolute atomic E-state index is 0.118. The molecule has 1 heterocycles. The van der Waals surface area contributed by atoms with Gasteiger partial charge in [-0.3, -0.25) is 9.59 Å². The largest absolute Gasteiger partial charge is 0.326 e. The molecule has 1 aliphatic rings. The number of carbonyl (C=O) groups is 2. The van der Waals surface area contributed by atoms with Crippen LogP contribution in [0.5, 0.6) is 0 Å². The summed E-state index contributed by atoms with van der Waals surface area (Å²) in [5, 5.41) is 8.71. The first-order chi connectivity index (χ1) is 12.7. The second kappa shape index (κ2) is 8.43. The van der Waals surface area contributed by atoms with E-state index < -0.39 is 0 Å². The number of carbonyl (C=O) groups excluding carboxylic acids is 2. The maximum absolute atomic E-state index is 12.3. The van der Waals surface area contributed by atoms with Crippen LogP contribution in [0.15, 0.2) is 59.7 Å². The summed E-state index contributed by atoms with van der Waals surface area (Å²) in [5.41, 5.74) is 3.93. The lowest BCUT2D eigenvalue weighted by Crippen LogP contribution is -2.24. The highest BCUT2D eigenvalue weighted by Gasteiger charge is 2.21. The molecule has 134 valence electrons. The number of hydrazone groups is 1. The minimum atomic E-state index is -0.158. The lowest BCUT2D eigenvalue weighted by molar-refractivity contribution is -0.132. The Labute approximate surface area is 153 Å². The number of nitrogens with one attached hydrogen (secondary N) is 1. The number of amides is 2. The summed E-state index contributed by atoms with van der Waals surface area (Å²) in [7, 11) is 0. The molecule has 0 aliphatic carbocycles. The lowest BCUT2D eigenvalue weighted by atomic mass is 10.1. The molecule has 0 saturated carbocycles. The van der Waals surface area contributed by atoms with Crippen molar-refractivity contribution in [2.75, 3.05) is 11.9 Å². The van der Waals surface area contributed by atoms with Crippen molar-refractivity contribution in [2.24, 2.45) is 5.10 Å². The monoisotopic (exact) mass is 349 g/mol. The fourth-order valence-corrected chi connectivity index (χ4v) is 2.87. The average molecular weight is 349 g/mol. The Morgan fingerprint density at radius 3 is 2.46 bits per heavy atom. The van der Waals surface area contributed by atoms with Gasteiger partial charge in [0.25, 0.3) is 0 Å². The van der Waals surface area contributed by atoms with Gasteiger partial charge in [0.2, 0.25) is 11.8 Å². The molecule has 2 amide bonds. The van der Waals surface area contributed by atoms with E-state index in [2.05, 4.69) is 17.3 Å². The molecule has 1 aliphatic heterocycles. The number of rotatable bonds is 6. The van der Waals surface area contributed by atoms with Gasteiger partial charge < -0.3 is 5.32 Å². The molecule has 2 aromatic carbocycles. The van der Waals surface area contributed by atoms with Crippen LogP contribution >= 0.6 is 0 Å². The molecule has 0 aromatic heterocycles. The van der Waals surface area contributed by atoms with E-state index in [1.807, 2.05) is 54.6 Å². The van der Waals surface area contributed by atoms with E-state index >= 15 is 0 Å². The van der Waals surface area contributed by atoms with Crippen molar-refractivity contribution in [3.05, 3.63) is 65.7 Å². The van der Waals surface area contributed by atoms with E-state index in [4.69, 9.17) is 0 Å². The second-order valence-electron chi connectivity index (χ2n) is 6.28. The van der Waals surface area contributed by atoms with Gasteiger partial charge in [0.15, 0.2) is 0 Å². The fraction of sp³-hybridized carbons (Fsp3) is 0.286. The van der Waals surface area contributed by atoms with Crippen LogP contribution in [0.1, 0.15) is 37.3 Å². The topological polar surface area (TPSA) is 61.8 Å². The zero-order valence-corrected chi connectivity index (χ0v) is 14.9. The van der Waals surface area contributed by atoms with Crippen molar-refractivity contribution in [3.63, 3.8) is 0 Å². The van der Waals surface area contributed by atoms with E-state index in [1.165, 1.54) is 10.6 Å². The average Bonchev–Trinajstić information content (AvgIpc) is 3.18. The third-order valence-electron chi connectivity index (χ3n) is 4.41. The molecule has 26 heavy (non-hydrogen) atoms. The Kier molecular flexibility index (Phi) is 5.79. The highest BCUT2D eigenvalue weighted by Crippen LogP contribution is 2.15. The van der Waals surface area contributed by atoms with Crippen LogP contribution in [0, 0.1) is 0 Å². The quantitative estimate of drug-likeness (QED) is 0.866. The Morgan fingerprint density at radius 1 is 1.04 bits per heavy atom. The van der Waals surface area contributed by atoms with Crippen LogP contribution in [0.25, 0.3) is 0 Å². The van der Waals surface area contributed by atoms with Crippen LogP contribution in [-0.2, 0) is 16.0 Å². The summed E-state index contributed by atoms with van der Waals surface area (Å²) in [6.07, 6.45) is 2.02. The van der Waals surface area contributed by atoms with Gasteiger partial charge >= 0.3 is 0 Å². The van der Waals surface area contributed by atoms with Crippen molar-refractivity contribution in [1.29, 1.82) is 0 Å². The van der Waals surface area contributed by atoms with Crippen LogP contribution in [-0.4, -0.2) is 29.1 Å². The Hall–Kier alpha value is -2.95. The zero-order chi connectivity index (χ0) is 18.4. The third-order valence-corrected chi connectivity index (χ3v) is 4.41. The number of hydrogen-bond donors (Lipinski definition) is 1. The van der Waals surface area contributed by atoms with Crippen molar-refractivity contribution in [1.82, 2.24) is 5.01 Å². The molecule has 0 bridgehead atoms. The Balaban J connectivity index is 1.49. The normalized spacial score (nSPS) is 13.4. The van der Waals surface area contributed by atoms with Crippen LogP contribution in [0.4, 0.5) is 5.69 Å². The molecule has 5 nitrogen and oxygen atoms in total. The summed E-state index contributed by atoms with van der Waals surface area (Å²) < 4.78 is 0. The van der Waals surface area contributed by atoms with Gasteiger partial charge in [0, 0.05) is 24.9 Å². The molecule has 3 rings (SSSR count). The molecule has 0 fully saturated rings. The summed E-state index contributed by atoms with van der Waals surface area (Å²) in [4.78, 5) is 24.4. The minimum Gasteiger partial charge on any atom is -0.326 e. The van der Waals surface area contributed by atoms with Gasteiger partial charge in [-0.1, -0.05) is 49.4 Å². The number of benzene rings is 2. The summed E-state index contributed by atoms with van der Waals surface area (Å²) in [6, 6.07) is 17.6. The molecule has 0 spiro atoms. The van der Waals surface area contributed by atoms with Crippen molar-refractivity contribution < 1.29 is 9.59 Å². The standard InChI is InChI=1S/C21H23N3O2/c1-2-16-8-10-18(11-9-16)22-20(25)12-13-21(26)24-15-14-19(23-24)17-6-4-3-5-7-17/h3-11H,2,12-15H2,1H3,(H,22,25). The summed E-state index contributed by atoms with van der Waals surface area (Å²) >= 11 is 0. The molecular formula is C21H23N3O2. The zero-order valence-electron chi connectivity index (χ0n) is 14.9. The first-order valence-corrected chi connectivity index (χ1v) is 8.98. The molecule has 1 N–H and O–H groups in total. The van der Waals surface area contributed by atoms with Crippen molar-refractivity contribution >= 4 is 23.2 Å². The van der Waals surface area contributed by atoms with E-state index in [-0.39, 0.29) is 24.7 Å². The number of aryl methyl sites for hydroxylation is 1. The SMILES string of the molecule is CCc1ccc(NC(=O)CCC(=O)N2CCC(c3ccccc3)=N2)cc1. The second-order valence-corrected chi connectivity index (χ2v) is 6.28. The maximum atomic E-state index is 12.3. The summed E-state index contributed by atoms with van der Waals surface area (Å²) in [6.45, 7) is 2.66. The number of nitrogens with zero attached hydrogens (tertiary/aromatic N) is 2. The third kappa shape index (κ3) is 4.57. The molecule has 0 saturated heterocycles. The van der Waals surface area contributed by atoms with E-state index in [0.29, 0.717) is 6.54 Å². The van der Waals surface area contributed by atoms with Crippen LogP contribution in [0.2, 0.25) is 0 Å². The lowest BCUT2D eigenvalue weighted by Gasteiger charge is -2.11. The van der Waals surface area contributed by atoms with Gasteiger partial charge in [-0.05, 0) is 29.7 Å². The highest BCUT2D eigenvalue weighted by molar-refractivity contribution is 6.02. The molecule has 5 heteroatoms. The molecule has 0 radical (unpaired) electrons. The van der Waals surface area contributed by atoms with Crippen LogP contribution in [0.3, 0.4) is 0 Å². The van der Waals surface area contributed by atoms with Gasteiger partial charge in [-0.2, -0.15) is 5.10 Å². The molecule has 2 aromatic rings. The summed E-state index contributed by atoms with van der Waals surface area (Å²) in [5.74, 6) is -0.276. The smallest absolute Gasteiger partial charge is 0.243 e. The first kappa shape index (κ1) is 17.9. The maximum Gasteiger partial charge on any atom is 0.243 e. The highest BCUT2D eigenvalue weighted by atomic mass is 16.2. The Bertz CT molecular complexity index is 798. The van der Waals surface area contributed by atoms with Crippen molar-refractivity contribution in [3.8, 4) is 0 Å². The van der Waals surface area contributed by atoms with Gasteiger partial charge in [0.1, 0.15) is 0 Å². The van der Waals surface area contributed by atoms with E-state index in [1.54, 1.807) is 0 Å². The predicted octanol–water partition coefficient (Wildman–Crippen LogP) is 3.60. The molecular weight excluding hydrogens is 326 g/mol. The number of anilines is 1. The first-order valence-electron chi connectivity index (χ1n) is 8.98.